The molecule has 1 saturated heterocycles. The maximum absolute atomic E-state index is 13.0. The van der Waals surface area contributed by atoms with Gasteiger partial charge in [-0.25, -0.2) is 0 Å². The summed E-state index contributed by atoms with van der Waals surface area (Å²) in [6.45, 7) is 2.50. The molecular formula is C23H25NO6. The predicted molar refractivity (Wildman–Crippen MR) is 112 cm³/mol. The molecule has 2 aliphatic heterocycles. The van der Waals surface area contributed by atoms with E-state index in [0.29, 0.717) is 46.2 Å². The molecule has 0 spiro atoms. The van der Waals surface area contributed by atoms with Crippen molar-refractivity contribution in [1.29, 1.82) is 0 Å². The Hall–Kier alpha value is -3.19. The summed E-state index contributed by atoms with van der Waals surface area (Å²) in [4.78, 5) is 15.2. The highest BCUT2D eigenvalue weighted by Crippen LogP contribution is 2.43. The van der Waals surface area contributed by atoms with Gasteiger partial charge in [-0.05, 0) is 56.3 Å². The van der Waals surface area contributed by atoms with E-state index in [9.17, 15) is 9.90 Å². The lowest BCUT2D eigenvalue weighted by molar-refractivity contribution is 0.101. The molecular weight excluding hydrogens is 386 g/mol. The van der Waals surface area contributed by atoms with Gasteiger partial charge >= 0.3 is 0 Å². The van der Waals surface area contributed by atoms with Crippen LogP contribution in [0.1, 0.15) is 34.3 Å². The summed E-state index contributed by atoms with van der Waals surface area (Å²) in [5.41, 5.74) is 1.72. The van der Waals surface area contributed by atoms with E-state index < -0.39 is 0 Å². The molecule has 2 aromatic rings. The van der Waals surface area contributed by atoms with E-state index in [4.69, 9.17) is 18.9 Å². The van der Waals surface area contributed by atoms with Crippen molar-refractivity contribution in [1.82, 2.24) is 4.90 Å². The number of ether oxygens (including phenoxy) is 4. The van der Waals surface area contributed by atoms with E-state index in [1.54, 1.807) is 37.5 Å². The molecule has 0 saturated carbocycles. The first-order valence-corrected chi connectivity index (χ1v) is 9.87. The SMILES string of the molecule is COc1ccc(/C=C2/Oc3c(ccc(O)c3CN3CCCC3)C2=O)c(OC)c1OC. The van der Waals surface area contributed by atoms with Crippen LogP contribution in [0, 0.1) is 0 Å². The van der Waals surface area contributed by atoms with Crippen LogP contribution in [0.15, 0.2) is 30.0 Å². The number of hydrogen-bond donors (Lipinski definition) is 1. The van der Waals surface area contributed by atoms with Crippen LogP contribution in [-0.2, 0) is 6.54 Å². The van der Waals surface area contributed by atoms with Crippen LogP contribution in [0.3, 0.4) is 0 Å². The van der Waals surface area contributed by atoms with Crippen LogP contribution >= 0.6 is 0 Å². The minimum atomic E-state index is -0.232. The van der Waals surface area contributed by atoms with E-state index >= 15 is 0 Å². The molecule has 0 amide bonds. The molecule has 1 N–H and O–H groups in total. The first-order chi connectivity index (χ1) is 14.6. The Bertz CT molecular complexity index is 1010. The fraction of sp³-hybridized carbons (Fsp3) is 0.348. The van der Waals surface area contributed by atoms with Crippen molar-refractivity contribution in [3.8, 4) is 28.7 Å². The fourth-order valence-corrected chi connectivity index (χ4v) is 3.99. The molecule has 0 aromatic heterocycles. The molecule has 0 aliphatic carbocycles. The topological polar surface area (TPSA) is 77.5 Å². The third kappa shape index (κ3) is 3.45. The van der Waals surface area contributed by atoms with E-state index in [-0.39, 0.29) is 17.3 Å². The molecule has 2 heterocycles. The number of rotatable bonds is 6. The summed E-state index contributed by atoms with van der Waals surface area (Å²) in [6.07, 6.45) is 3.90. The minimum Gasteiger partial charge on any atom is -0.507 e. The number of carbonyl (C=O) groups is 1. The monoisotopic (exact) mass is 411 g/mol. The van der Waals surface area contributed by atoms with Crippen LogP contribution in [0.2, 0.25) is 0 Å². The summed E-state index contributed by atoms with van der Waals surface area (Å²) in [5, 5.41) is 10.4. The number of aromatic hydroxyl groups is 1. The zero-order valence-electron chi connectivity index (χ0n) is 17.4. The van der Waals surface area contributed by atoms with Gasteiger partial charge in [0.25, 0.3) is 0 Å². The maximum atomic E-state index is 13.0. The summed E-state index contributed by atoms with van der Waals surface area (Å²) >= 11 is 0. The zero-order valence-corrected chi connectivity index (χ0v) is 17.4. The number of Topliss-reactive ketones (excluding diaryl/α,β-unsaturated/α-hetero) is 1. The minimum absolute atomic E-state index is 0.137. The summed E-state index contributed by atoms with van der Waals surface area (Å²) in [7, 11) is 4.60. The molecule has 7 heteroatoms. The molecule has 0 unspecified atom stereocenters. The number of fused-ring (bicyclic) bond motifs is 1. The molecule has 2 aromatic carbocycles. The van der Waals surface area contributed by atoms with Gasteiger partial charge in [0.2, 0.25) is 11.5 Å². The number of phenols is 1. The van der Waals surface area contributed by atoms with Crippen molar-refractivity contribution in [2.24, 2.45) is 0 Å². The lowest BCUT2D eigenvalue weighted by atomic mass is 10.0. The number of carbonyl (C=O) groups excluding carboxylic acids is 1. The van der Waals surface area contributed by atoms with Gasteiger partial charge in [0.05, 0.1) is 32.5 Å². The Kier molecular flexibility index (Phi) is 5.55. The number of allylic oxidation sites excluding steroid dienone is 1. The van der Waals surface area contributed by atoms with Gasteiger partial charge in [-0.1, -0.05) is 0 Å². The van der Waals surface area contributed by atoms with Crippen LogP contribution in [-0.4, -0.2) is 50.2 Å². The van der Waals surface area contributed by atoms with Gasteiger partial charge in [-0.3, -0.25) is 9.69 Å². The lowest BCUT2D eigenvalue weighted by Gasteiger charge is -2.17. The molecule has 0 bridgehead atoms. The smallest absolute Gasteiger partial charge is 0.231 e. The summed E-state index contributed by atoms with van der Waals surface area (Å²) in [6, 6.07) is 6.68. The average molecular weight is 411 g/mol. The van der Waals surface area contributed by atoms with E-state index in [1.165, 1.54) is 14.2 Å². The highest BCUT2D eigenvalue weighted by Gasteiger charge is 2.32. The Morgan fingerprint density at radius 3 is 2.43 bits per heavy atom. The number of hydrogen-bond acceptors (Lipinski definition) is 7. The normalized spacial score (nSPS) is 17.2. The highest BCUT2D eigenvalue weighted by molar-refractivity contribution is 6.15. The highest BCUT2D eigenvalue weighted by atomic mass is 16.5. The Morgan fingerprint density at radius 2 is 1.77 bits per heavy atom. The molecule has 7 nitrogen and oxygen atoms in total. The third-order valence-corrected chi connectivity index (χ3v) is 5.52. The number of ketones is 1. The molecule has 0 radical (unpaired) electrons. The Labute approximate surface area is 175 Å². The van der Waals surface area contributed by atoms with Crippen LogP contribution < -0.4 is 18.9 Å². The quantitative estimate of drug-likeness (QED) is 0.728. The summed E-state index contributed by atoms with van der Waals surface area (Å²) < 4.78 is 22.2. The molecule has 2 aliphatic rings. The lowest BCUT2D eigenvalue weighted by Crippen LogP contribution is -2.18. The largest absolute Gasteiger partial charge is 0.507 e. The van der Waals surface area contributed by atoms with Crippen LogP contribution in [0.25, 0.3) is 6.08 Å². The van der Waals surface area contributed by atoms with Gasteiger partial charge in [0.1, 0.15) is 11.5 Å². The van der Waals surface area contributed by atoms with Gasteiger partial charge in [-0.2, -0.15) is 0 Å². The second kappa shape index (κ2) is 8.28. The Morgan fingerprint density at radius 1 is 1.03 bits per heavy atom. The predicted octanol–water partition coefficient (Wildman–Crippen LogP) is 3.63. The van der Waals surface area contributed by atoms with Crippen molar-refractivity contribution in [2.45, 2.75) is 19.4 Å². The molecule has 4 rings (SSSR count). The van der Waals surface area contributed by atoms with E-state index in [1.807, 2.05) is 0 Å². The van der Waals surface area contributed by atoms with Crippen molar-refractivity contribution >= 4 is 11.9 Å². The van der Waals surface area contributed by atoms with Crippen LogP contribution in [0.5, 0.6) is 28.7 Å². The number of likely N-dealkylation sites (tertiary alicyclic amines) is 1. The van der Waals surface area contributed by atoms with Crippen molar-refractivity contribution in [2.75, 3.05) is 34.4 Å². The maximum Gasteiger partial charge on any atom is 0.231 e. The number of methoxy groups -OCH3 is 3. The summed E-state index contributed by atoms with van der Waals surface area (Å²) in [5.74, 6) is 1.90. The van der Waals surface area contributed by atoms with Gasteiger partial charge in [0, 0.05) is 12.1 Å². The van der Waals surface area contributed by atoms with E-state index in [2.05, 4.69) is 4.90 Å². The molecule has 0 atom stereocenters. The molecule has 158 valence electrons. The number of phenolic OH excluding ortho intramolecular Hbond substituents is 1. The second-order valence-corrected chi connectivity index (χ2v) is 7.29. The number of benzene rings is 2. The molecule has 30 heavy (non-hydrogen) atoms. The van der Waals surface area contributed by atoms with Gasteiger partial charge in [0.15, 0.2) is 17.3 Å². The van der Waals surface area contributed by atoms with E-state index in [0.717, 1.165) is 25.9 Å². The second-order valence-electron chi connectivity index (χ2n) is 7.29. The van der Waals surface area contributed by atoms with Crippen molar-refractivity contribution in [3.05, 3.63) is 46.7 Å². The first-order valence-electron chi connectivity index (χ1n) is 9.87. The fourth-order valence-electron chi connectivity index (χ4n) is 3.99. The van der Waals surface area contributed by atoms with Crippen LogP contribution in [0.4, 0.5) is 0 Å². The molecule has 1 fully saturated rings. The van der Waals surface area contributed by atoms with Gasteiger partial charge in [-0.15, -0.1) is 0 Å². The average Bonchev–Trinajstić information content (AvgIpc) is 3.38. The Balaban J connectivity index is 1.72. The first kappa shape index (κ1) is 20.1. The third-order valence-electron chi connectivity index (χ3n) is 5.52. The zero-order chi connectivity index (χ0) is 21.3. The number of nitrogens with zero attached hydrogens (tertiary/aromatic N) is 1. The standard InChI is InChI=1S/C23H25NO6/c1-27-18-9-6-14(21(28-2)23(18)29-3)12-19-20(26)15-7-8-17(25)16(22(15)30-19)13-24-10-4-5-11-24/h6-9,12,25H,4-5,10-11,13H2,1-3H3/b19-12+. The van der Waals surface area contributed by atoms with Gasteiger partial charge < -0.3 is 24.1 Å². The van der Waals surface area contributed by atoms with Crippen molar-refractivity contribution in [3.63, 3.8) is 0 Å². The van der Waals surface area contributed by atoms with Crippen molar-refractivity contribution < 1.29 is 28.8 Å².